The topological polar surface area (TPSA) is 84.0 Å². The molecule has 124 valence electrons. The van der Waals surface area contributed by atoms with Crippen LogP contribution in [-0.4, -0.2) is 55.4 Å². The van der Waals surface area contributed by atoms with Crippen molar-refractivity contribution in [3.8, 4) is 0 Å². The first-order valence-electron chi connectivity index (χ1n) is 7.45. The van der Waals surface area contributed by atoms with Crippen molar-refractivity contribution in [2.24, 2.45) is 0 Å². The summed E-state index contributed by atoms with van der Waals surface area (Å²) < 4.78 is 31.3. The third-order valence-corrected chi connectivity index (χ3v) is 6.14. The van der Waals surface area contributed by atoms with Gasteiger partial charge in [-0.05, 0) is 31.9 Å². The van der Waals surface area contributed by atoms with E-state index in [-0.39, 0.29) is 36.5 Å². The van der Waals surface area contributed by atoms with Crippen LogP contribution in [0.15, 0.2) is 29.2 Å². The molecule has 2 heterocycles. The van der Waals surface area contributed by atoms with Gasteiger partial charge in [0.1, 0.15) is 0 Å². The minimum atomic E-state index is -3.54. The fraction of sp³-hybridized carbons (Fsp3) is 0.467. The number of carbonyl (C=O) groups excluding carboxylic acids is 2. The van der Waals surface area contributed by atoms with E-state index in [1.54, 1.807) is 24.3 Å². The van der Waals surface area contributed by atoms with Gasteiger partial charge >= 0.3 is 6.09 Å². The predicted octanol–water partition coefficient (Wildman–Crippen LogP) is 1.13. The number of hydrogen-bond acceptors (Lipinski definition) is 5. The third kappa shape index (κ3) is 2.96. The van der Waals surface area contributed by atoms with E-state index >= 15 is 0 Å². The number of piperidine rings is 1. The Balaban J connectivity index is 1.70. The zero-order valence-electron chi connectivity index (χ0n) is 12.8. The smallest absolute Gasteiger partial charge is 0.417 e. The van der Waals surface area contributed by atoms with Crippen LogP contribution in [-0.2, 0) is 19.6 Å². The lowest BCUT2D eigenvalue weighted by Crippen LogP contribution is -2.48. The second-order valence-corrected chi connectivity index (χ2v) is 7.70. The number of amides is 2. The first-order chi connectivity index (χ1) is 10.9. The maximum Gasteiger partial charge on any atom is 0.417 e. The van der Waals surface area contributed by atoms with Crippen molar-refractivity contribution >= 4 is 22.0 Å². The Morgan fingerprint density at radius 3 is 2.22 bits per heavy atom. The molecule has 1 aromatic rings. The first-order valence-corrected chi connectivity index (χ1v) is 8.89. The summed E-state index contributed by atoms with van der Waals surface area (Å²) in [5.74, 6) is -0.352. The van der Waals surface area contributed by atoms with E-state index in [2.05, 4.69) is 0 Å². The van der Waals surface area contributed by atoms with Gasteiger partial charge in [-0.1, -0.05) is 17.7 Å². The van der Waals surface area contributed by atoms with Gasteiger partial charge in [0.05, 0.1) is 4.90 Å². The number of sulfonamides is 1. The van der Waals surface area contributed by atoms with Gasteiger partial charge in [-0.25, -0.2) is 18.1 Å². The number of carbonyl (C=O) groups is 2. The Morgan fingerprint density at radius 1 is 1.09 bits per heavy atom. The summed E-state index contributed by atoms with van der Waals surface area (Å²) in [6, 6.07) is 6.43. The molecule has 23 heavy (non-hydrogen) atoms. The lowest BCUT2D eigenvalue weighted by Gasteiger charge is -2.33. The number of ether oxygens (including phenoxy) is 1. The van der Waals surface area contributed by atoms with Crippen LogP contribution < -0.4 is 0 Å². The highest BCUT2D eigenvalue weighted by atomic mass is 32.2. The van der Waals surface area contributed by atoms with Crippen LogP contribution in [0.2, 0.25) is 0 Å². The monoisotopic (exact) mass is 338 g/mol. The summed E-state index contributed by atoms with van der Waals surface area (Å²) in [6.07, 6.45) is 0.215. The second kappa shape index (κ2) is 5.93. The molecule has 0 aliphatic carbocycles. The van der Waals surface area contributed by atoms with Crippen molar-refractivity contribution in [2.75, 3.05) is 19.7 Å². The molecule has 0 saturated carbocycles. The number of benzene rings is 1. The van der Waals surface area contributed by atoms with E-state index in [4.69, 9.17) is 4.74 Å². The average molecular weight is 338 g/mol. The van der Waals surface area contributed by atoms with Crippen molar-refractivity contribution in [2.45, 2.75) is 30.7 Å². The Hall–Kier alpha value is -1.93. The van der Waals surface area contributed by atoms with Gasteiger partial charge in [-0.3, -0.25) is 4.79 Å². The van der Waals surface area contributed by atoms with Gasteiger partial charge in [0.25, 0.3) is 5.91 Å². The third-order valence-electron chi connectivity index (χ3n) is 4.23. The van der Waals surface area contributed by atoms with Crippen LogP contribution in [0.3, 0.4) is 0 Å². The molecule has 7 nitrogen and oxygen atoms in total. The minimum absolute atomic E-state index is 0.222. The van der Waals surface area contributed by atoms with Crippen LogP contribution >= 0.6 is 0 Å². The molecule has 0 aromatic heterocycles. The molecule has 2 fully saturated rings. The number of hydrogen-bond donors (Lipinski definition) is 0. The SMILES string of the molecule is Cc1ccc(S(=O)(=O)N2CCC(N3C(=O)COC3=O)CC2)cc1. The van der Waals surface area contributed by atoms with Crippen molar-refractivity contribution < 1.29 is 22.7 Å². The highest BCUT2D eigenvalue weighted by Gasteiger charge is 2.40. The second-order valence-electron chi connectivity index (χ2n) is 5.77. The van der Waals surface area contributed by atoms with Gasteiger partial charge in [0.2, 0.25) is 10.0 Å². The van der Waals surface area contributed by atoms with E-state index in [0.29, 0.717) is 12.8 Å². The van der Waals surface area contributed by atoms with Crippen molar-refractivity contribution in [3.63, 3.8) is 0 Å². The summed E-state index contributed by atoms with van der Waals surface area (Å²) in [5.41, 5.74) is 0.994. The van der Waals surface area contributed by atoms with Gasteiger partial charge in [-0.15, -0.1) is 0 Å². The van der Waals surface area contributed by atoms with Crippen LogP contribution in [0.1, 0.15) is 18.4 Å². The summed E-state index contributed by atoms with van der Waals surface area (Å²) in [7, 11) is -3.54. The summed E-state index contributed by atoms with van der Waals surface area (Å²) in [6.45, 7) is 2.23. The highest BCUT2D eigenvalue weighted by Crippen LogP contribution is 2.25. The molecular formula is C15H18N2O5S. The summed E-state index contributed by atoms with van der Waals surface area (Å²) in [5, 5.41) is 0. The molecule has 0 atom stereocenters. The lowest BCUT2D eigenvalue weighted by molar-refractivity contribution is -0.127. The molecule has 2 aliphatic rings. The Kier molecular flexibility index (Phi) is 4.11. The molecule has 0 bridgehead atoms. The van der Waals surface area contributed by atoms with Gasteiger partial charge in [-0.2, -0.15) is 4.31 Å². The number of imide groups is 1. The number of cyclic esters (lactones) is 1. The molecule has 8 heteroatoms. The first kappa shape index (κ1) is 15.9. The molecule has 2 amide bonds. The Bertz CT molecular complexity index is 705. The van der Waals surface area contributed by atoms with Crippen LogP contribution in [0, 0.1) is 6.92 Å². The maximum atomic E-state index is 12.6. The van der Waals surface area contributed by atoms with E-state index < -0.39 is 16.1 Å². The van der Waals surface area contributed by atoms with Gasteiger partial charge in [0.15, 0.2) is 6.61 Å². The maximum absolute atomic E-state index is 12.6. The van der Waals surface area contributed by atoms with Gasteiger partial charge < -0.3 is 4.74 Å². The summed E-state index contributed by atoms with van der Waals surface area (Å²) >= 11 is 0. The van der Waals surface area contributed by atoms with Crippen LogP contribution in [0.5, 0.6) is 0 Å². The Labute approximate surface area is 134 Å². The molecule has 2 saturated heterocycles. The zero-order chi connectivity index (χ0) is 16.6. The minimum Gasteiger partial charge on any atom is -0.439 e. The molecule has 1 aromatic carbocycles. The van der Waals surface area contributed by atoms with Gasteiger partial charge in [0, 0.05) is 19.1 Å². The van der Waals surface area contributed by atoms with E-state index in [0.717, 1.165) is 10.5 Å². The molecule has 0 N–H and O–H groups in total. The average Bonchev–Trinajstić information content (AvgIpc) is 2.87. The molecule has 0 radical (unpaired) electrons. The van der Waals surface area contributed by atoms with E-state index in [1.807, 2.05) is 6.92 Å². The quantitative estimate of drug-likeness (QED) is 0.825. The fourth-order valence-corrected chi connectivity index (χ4v) is 4.39. The standard InChI is InChI=1S/C15H18N2O5S/c1-11-2-4-13(5-3-11)23(20,21)16-8-6-12(7-9-16)17-14(18)10-22-15(17)19/h2-5,12H,6-10H2,1H3. The number of rotatable bonds is 3. The lowest BCUT2D eigenvalue weighted by atomic mass is 10.1. The Morgan fingerprint density at radius 2 is 1.70 bits per heavy atom. The number of nitrogens with zero attached hydrogens (tertiary/aromatic N) is 2. The van der Waals surface area contributed by atoms with Crippen molar-refractivity contribution in [1.29, 1.82) is 0 Å². The fourth-order valence-electron chi connectivity index (χ4n) is 2.92. The van der Waals surface area contributed by atoms with E-state index in [1.165, 1.54) is 4.31 Å². The highest BCUT2D eigenvalue weighted by molar-refractivity contribution is 7.89. The molecule has 2 aliphatic heterocycles. The van der Waals surface area contributed by atoms with Crippen molar-refractivity contribution in [1.82, 2.24) is 9.21 Å². The normalized spacial score (nSPS) is 20.8. The predicted molar refractivity (Wildman–Crippen MR) is 81.2 cm³/mol. The zero-order valence-corrected chi connectivity index (χ0v) is 13.6. The summed E-state index contributed by atoms with van der Waals surface area (Å²) in [4.78, 5) is 24.6. The van der Waals surface area contributed by atoms with Crippen molar-refractivity contribution in [3.05, 3.63) is 29.8 Å². The van der Waals surface area contributed by atoms with Crippen LogP contribution in [0.25, 0.3) is 0 Å². The number of aryl methyl sites for hydroxylation is 1. The van der Waals surface area contributed by atoms with E-state index in [9.17, 15) is 18.0 Å². The molecule has 3 rings (SSSR count). The molecule has 0 unspecified atom stereocenters. The van der Waals surface area contributed by atoms with Crippen LogP contribution in [0.4, 0.5) is 4.79 Å². The molecule has 0 spiro atoms. The molecular weight excluding hydrogens is 320 g/mol. The largest absolute Gasteiger partial charge is 0.439 e.